The third kappa shape index (κ3) is 6.93. The standard InChI is InChI=1S/C13H17NOS3/c1-11-5-7-12(8-6-11)17-13(16)14-9-3-4-10-18(2)15/h4-8,10H,3,9H2,1-2H3,(H,14,16)/b10-4+. The summed E-state index contributed by atoms with van der Waals surface area (Å²) in [5, 5.41) is 4.86. The van der Waals surface area contributed by atoms with Gasteiger partial charge in [-0.25, -0.2) is 0 Å². The molecule has 2 nitrogen and oxygen atoms in total. The van der Waals surface area contributed by atoms with Gasteiger partial charge < -0.3 is 5.32 Å². The number of thioether (sulfide) groups is 1. The fourth-order valence-electron chi connectivity index (χ4n) is 1.21. The summed E-state index contributed by atoms with van der Waals surface area (Å²) in [6.45, 7) is 2.83. The molecule has 5 heteroatoms. The second-order valence-electron chi connectivity index (χ2n) is 3.79. The molecule has 0 aliphatic rings. The lowest BCUT2D eigenvalue weighted by atomic mass is 10.2. The Kier molecular flexibility index (Phi) is 7.23. The van der Waals surface area contributed by atoms with Crippen LogP contribution in [0, 0.1) is 6.92 Å². The molecule has 0 aliphatic carbocycles. The van der Waals surface area contributed by atoms with Gasteiger partial charge in [0.05, 0.1) is 0 Å². The van der Waals surface area contributed by atoms with E-state index in [-0.39, 0.29) is 0 Å². The topological polar surface area (TPSA) is 29.1 Å². The minimum absolute atomic E-state index is 0.768. The van der Waals surface area contributed by atoms with Crippen LogP contribution in [0.2, 0.25) is 0 Å². The van der Waals surface area contributed by atoms with E-state index in [0.717, 1.165) is 22.2 Å². The van der Waals surface area contributed by atoms with Crippen molar-refractivity contribution < 1.29 is 4.21 Å². The first kappa shape index (κ1) is 15.4. The van der Waals surface area contributed by atoms with Gasteiger partial charge in [0.25, 0.3) is 0 Å². The highest BCUT2D eigenvalue weighted by Crippen LogP contribution is 2.18. The van der Waals surface area contributed by atoms with Crippen molar-refractivity contribution in [2.24, 2.45) is 0 Å². The molecule has 0 heterocycles. The summed E-state index contributed by atoms with van der Waals surface area (Å²) >= 11 is 6.79. The number of nitrogens with one attached hydrogen (secondary N) is 1. The van der Waals surface area contributed by atoms with E-state index in [2.05, 4.69) is 36.5 Å². The molecule has 0 bridgehead atoms. The van der Waals surface area contributed by atoms with E-state index < -0.39 is 10.8 Å². The van der Waals surface area contributed by atoms with Crippen LogP contribution in [0.3, 0.4) is 0 Å². The number of thiocarbonyl (C=S) groups is 1. The second-order valence-corrected chi connectivity index (χ2v) is 6.81. The lowest BCUT2D eigenvalue weighted by Gasteiger charge is -2.06. The summed E-state index contributed by atoms with van der Waals surface area (Å²) in [6, 6.07) is 8.27. The second kappa shape index (κ2) is 8.45. The first-order chi connectivity index (χ1) is 8.58. The zero-order valence-electron chi connectivity index (χ0n) is 10.5. The third-order valence-electron chi connectivity index (χ3n) is 2.10. The van der Waals surface area contributed by atoms with E-state index >= 15 is 0 Å². The Labute approximate surface area is 121 Å². The van der Waals surface area contributed by atoms with Gasteiger partial charge in [0, 0.05) is 28.5 Å². The van der Waals surface area contributed by atoms with Crippen LogP contribution in [-0.2, 0) is 10.8 Å². The van der Waals surface area contributed by atoms with Crippen LogP contribution in [0.4, 0.5) is 0 Å². The molecule has 98 valence electrons. The molecule has 0 saturated carbocycles. The molecule has 0 aliphatic heterocycles. The fraction of sp³-hybridized carbons (Fsp3) is 0.308. The van der Waals surface area contributed by atoms with Crippen molar-refractivity contribution in [1.29, 1.82) is 0 Å². The van der Waals surface area contributed by atoms with Crippen molar-refractivity contribution in [2.45, 2.75) is 18.2 Å². The minimum atomic E-state index is -0.860. The molecular weight excluding hydrogens is 282 g/mol. The Morgan fingerprint density at radius 2 is 2.11 bits per heavy atom. The lowest BCUT2D eigenvalue weighted by Crippen LogP contribution is -2.18. The van der Waals surface area contributed by atoms with Crippen LogP contribution in [-0.4, -0.2) is 21.3 Å². The van der Waals surface area contributed by atoms with Gasteiger partial charge in [0.15, 0.2) is 0 Å². The molecule has 0 aromatic heterocycles. The van der Waals surface area contributed by atoms with Crippen LogP contribution in [0.25, 0.3) is 0 Å². The van der Waals surface area contributed by atoms with E-state index in [4.69, 9.17) is 12.2 Å². The number of hydrogen-bond acceptors (Lipinski definition) is 3. The maximum atomic E-state index is 10.8. The molecule has 0 spiro atoms. The van der Waals surface area contributed by atoms with E-state index in [1.807, 2.05) is 6.08 Å². The highest BCUT2D eigenvalue weighted by Gasteiger charge is 1.98. The predicted octanol–water partition coefficient (Wildman–Crippen LogP) is 3.24. The first-order valence-electron chi connectivity index (χ1n) is 5.59. The highest BCUT2D eigenvalue weighted by molar-refractivity contribution is 8.23. The van der Waals surface area contributed by atoms with Gasteiger partial charge in [-0.1, -0.05) is 47.8 Å². The van der Waals surface area contributed by atoms with Crippen LogP contribution in [0.15, 0.2) is 40.6 Å². The number of rotatable bonds is 5. The summed E-state index contributed by atoms with van der Waals surface area (Å²) in [7, 11) is -0.860. The highest BCUT2D eigenvalue weighted by atomic mass is 32.2. The largest absolute Gasteiger partial charge is 0.370 e. The summed E-state index contributed by atoms with van der Waals surface area (Å²) in [5.41, 5.74) is 1.25. The van der Waals surface area contributed by atoms with E-state index in [9.17, 15) is 4.21 Å². The smallest absolute Gasteiger partial charge is 0.138 e. The number of benzene rings is 1. The normalized spacial score (nSPS) is 12.6. The molecule has 1 N–H and O–H groups in total. The minimum Gasteiger partial charge on any atom is -0.370 e. The van der Waals surface area contributed by atoms with Crippen molar-refractivity contribution >= 4 is 39.1 Å². The Morgan fingerprint density at radius 1 is 1.44 bits per heavy atom. The zero-order chi connectivity index (χ0) is 13.4. The maximum absolute atomic E-state index is 10.8. The van der Waals surface area contributed by atoms with Gasteiger partial charge >= 0.3 is 0 Å². The molecule has 1 aromatic carbocycles. The molecule has 1 unspecified atom stereocenters. The SMILES string of the molecule is Cc1ccc(SC(=S)NCC/C=C/S(C)=O)cc1. The first-order valence-corrected chi connectivity index (χ1v) is 8.44. The molecular formula is C13H17NOS3. The summed E-state index contributed by atoms with van der Waals surface area (Å²) in [5.74, 6) is 0. The fourth-order valence-corrected chi connectivity index (χ4v) is 2.67. The number of aryl methyl sites for hydroxylation is 1. The van der Waals surface area contributed by atoms with Crippen molar-refractivity contribution in [3.05, 3.63) is 41.3 Å². The average Bonchev–Trinajstić information content (AvgIpc) is 2.31. The molecule has 1 atom stereocenters. The van der Waals surface area contributed by atoms with Crippen molar-refractivity contribution in [3.63, 3.8) is 0 Å². The molecule has 0 amide bonds. The Hall–Kier alpha value is -0.650. The van der Waals surface area contributed by atoms with Gasteiger partial charge in [-0.05, 0) is 30.9 Å². The molecule has 1 rings (SSSR count). The summed E-state index contributed by atoms with van der Waals surface area (Å²) in [6.07, 6.45) is 4.39. The van der Waals surface area contributed by atoms with Crippen LogP contribution in [0.5, 0.6) is 0 Å². The number of hydrogen-bond donors (Lipinski definition) is 1. The van der Waals surface area contributed by atoms with Crippen LogP contribution in [0.1, 0.15) is 12.0 Å². The Bertz CT molecular complexity index is 440. The quantitative estimate of drug-likeness (QED) is 0.513. The average molecular weight is 299 g/mol. The summed E-state index contributed by atoms with van der Waals surface area (Å²) < 4.78 is 11.6. The molecule has 0 radical (unpaired) electrons. The zero-order valence-corrected chi connectivity index (χ0v) is 13.0. The monoisotopic (exact) mass is 299 g/mol. The van der Waals surface area contributed by atoms with Crippen molar-refractivity contribution in [2.75, 3.05) is 12.8 Å². The van der Waals surface area contributed by atoms with Crippen molar-refractivity contribution in [3.8, 4) is 0 Å². The van der Waals surface area contributed by atoms with Crippen LogP contribution >= 0.6 is 24.0 Å². The van der Waals surface area contributed by atoms with E-state index in [1.165, 1.54) is 5.56 Å². The van der Waals surface area contributed by atoms with E-state index in [1.54, 1.807) is 23.4 Å². The molecule has 0 saturated heterocycles. The third-order valence-corrected chi connectivity index (χ3v) is 3.91. The van der Waals surface area contributed by atoms with E-state index in [0.29, 0.717) is 0 Å². The predicted molar refractivity (Wildman–Crippen MR) is 85.5 cm³/mol. The van der Waals surface area contributed by atoms with Crippen LogP contribution < -0.4 is 5.32 Å². The van der Waals surface area contributed by atoms with Gasteiger partial charge in [-0.3, -0.25) is 4.21 Å². The van der Waals surface area contributed by atoms with Gasteiger partial charge in [-0.15, -0.1) is 0 Å². The molecule has 1 aromatic rings. The Morgan fingerprint density at radius 3 is 2.72 bits per heavy atom. The molecule has 0 fully saturated rings. The summed E-state index contributed by atoms with van der Waals surface area (Å²) in [4.78, 5) is 1.14. The van der Waals surface area contributed by atoms with Gasteiger partial charge in [-0.2, -0.15) is 0 Å². The molecule has 18 heavy (non-hydrogen) atoms. The van der Waals surface area contributed by atoms with Gasteiger partial charge in [0.2, 0.25) is 0 Å². The van der Waals surface area contributed by atoms with Crippen molar-refractivity contribution in [1.82, 2.24) is 5.32 Å². The maximum Gasteiger partial charge on any atom is 0.138 e. The Balaban J connectivity index is 2.25. The van der Waals surface area contributed by atoms with Gasteiger partial charge in [0.1, 0.15) is 4.32 Å². The lowest BCUT2D eigenvalue weighted by molar-refractivity contribution is 0.691.